The van der Waals surface area contributed by atoms with E-state index in [1.807, 2.05) is 6.92 Å². The van der Waals surface area contributed by atoms with Gasteiger partial charge in [-0.3, -0.25) is 0 Å². The van der Waals surface area contributed by atoms with E-state index in [1.54, 1.807) is 0 Å². The van der Waals surface area contributed by atoms with Crippen molar-refractivity contribution in [1.29, 1.82) is 0 Å². The lowest BCUT2D eigenvalue weighted by atomic mass is 10.1. The summed E-state index contributed by atoms with van der Waals surface area (Å²) >= 11 is 0. The van der Waals surface area contributed by atoms with Gasteiger partial charge >= 0.3 is 8.56 Å². The first-order chi connectivity index (χ1) is 5.87. The number of hydrogen-bond donors (Lipinski definition) is 0. The molecule has 2 nitrogen and oxygen atoms in total. The van der Waals surface area contributed by atoms with Gasteiger partial charge < -0.3 is 8.85 Å². The lowest BCUT2D eigenvalue weighted by Gasteiger charge is -2.27. The van der Waals surface area contributed by atoms with E-state index in [4.69, 9.17) is 8.85 Å². The molecule has 13 heavy (non-hydrogen) atoms. The SMILES string of the molecule is CCO[Si](C)(C)OC(C)CC(C)C. The van der Waals surface area contributed by atoms with Crippen LogP contribution in [0, 0.1) is 5.92 Å². The van der Waals surface area contributed by atoms with Crippen LogP contribution < -0.4 is 0 Å². The van der Waals surface area contributed by atoms with Crippen molar-refractivity contribution in [2.24, 2.45) is 5.92 Å². The molecule has 1 atom stereocenters. The Kier molecular flexibility index (Phi) is 5.84. The van der Waals surface area contributed by atoms with Crippen LogP contribution in [0.1, 0.15) is 34.1 Å². The van der Waals surface area contributed by atoms with Crippen LogP contribution in [0.4, 0.5) is 0 Å². The van der Waals surface area contributed by atoms with E-state index in [-0.39, 0.29) is 0 Å². The summed E-state index contributed by atoms with van der Waals surface area (Å²) in [6, 6.07) is 0. The molecule has 0 bridgehead atoms. The van der Waals surface area contributed by atoms with Gasteiger partial charge in [0.15, 0.2) is 0 Å². The van der Waals surface area contributed by atoms with E-state index >= 15 is 0 Å². The molecule has 80 valence electrons. The molecule has 0 saturated carbocycles. The van der Waals surface area contributed by atoms with Crippen LogP contribution in [0.25, 0.3) is 0 Å². The van der Waals surface area contributed by atoms with Crippen molar-refractivity contribution in [3.8, 4) is 0 Å². The Hall–Kier alpha value is 0.137. The predicted molar refractivity (Wildman–Crippen MR) is 59.1 cm³/mol. The molecule has 0 aliphatic rings. The van der Waals surface area contributed by atoms with Crippen molar-refractivity contribution in [2.45, 2.75) is 53.3 Å². The molecule has 0 saturated heterocycles. The standard InChI is InChI=1S/C10H24O2Si/c1-7-11-13(5,6)12-10(4)8-9(2)3/h9-10H,7-8H2,1-6H3. The Morgan fingerprint density at radius 1 is 1.15 bits per heavy atom. The maximum absolute atomic E-state index is 5.91. The predicted octanol–water partition coefficient (Wildman–Crippen LogP) is 3.18. The summed E-state index contributed by atoms with van der Waals surface area (Å²) in [7, 11) is -1.83. The Morgan fingerprint density at radius 2 is 1.69 bits per heavy atom. The molecule has 0 aliphatic heterocycles. The average molecular weight is 204 g/mol. The first kappa shape index (κ1) is 13.1. The first-order valence-electron chi connectivity index (χ1n) is 5.19. The average Bonchev–Trinajstić information content (AvgIpc) is 1.81. The van der Waals surface area contributed by atoms with E-state index in [1.165, 1.54) is 0 Å². The molecule has 0 fully saturated rings. The topological polar surface area (TPSA) is 18.5 Å². The molecule has 3 heteroatoms. The molecular formula is C10H24O2Si. The van der Waals surface area contributed by atoms with Gasteiger partial charge in [0.1, 0.15) is 0 Å². The van der Waals surface area contributed by atoms with Crippen LogP contribution in [0.5, 0.6) is 0 Å². The Labute approximate surface area is 83.9 Å². The summed E-state index contributed by atoms with van der Waals surface area (Å²) in [5.41, 5.74) is 0. The van der Waals surface area contributed by atoms with E-state index in [9.17, 15) is 0 Å². The van der Waals surface area contributed by atoms with Crippen molar-refractivity contribution >= 4 is 8.56 Å². The minimum atomic E-state index is -1.83. The molecule has 0 aromatic carbocycles. The molecule has 0 N–H and O–H groups in total. The fraction of sp³-hybridized carbons (Fsp3) is 1.00. The first-order valence-corrected chi connectivity index (χ1v) is 8.00. The highest BCUT2D eigenvalue weighted by Gasteiger charge is 2.26. The second kappa shape index (κ2) is 5.78. The molecular weight excluding hydrogens is 180 g/mol. The van der Waals surface area contributed by atoms with Crippen LogP contribution in [-0.4, -0.2) is 21.3 Å². The van der Waals surface area contributed by atoms with Gasteiger partial charge in [-0.25, -0.2) is 0 Å². The summed E-state index contributed by atoms with van der Waals surface area (Å²) in [5, 5.41) is 0. The van der Waals surface area contributed by atoms with E-state index in [0.29, 0.717) is 12.0 Å². The van der Waals surface area contributed by atoms with Gasteiger partial charge in [0.2, 0.25) is 0 Å². The third kappa shape index (κ3) is 7.23. The summed E-state index contributed by atoms with van der Waals surface area (Å²) in [4.78, 5) is 0. The summed E-state index contributed by atoms with van der Waals surface area (Å²) in [6.07, 6.45) is 1.44. The van der Waals surface area contributed by atoms with E-state index in [2.05, 4.69) is 33.9 Å². The normalized spacial score (nSPS) is 15.0. The number of rotatable bonds is 6. The van der Waals surface area contributed by atoms with Crippen molar-refractivity contribution in [2.75, 3.05) is 6.61 Å². The van der Waals surface area contributed by atoms with Gasteiger partial charge in [0.05, 0.1) is 0 Å². The Bertz CT molecular complexity index is 135. The maximum atomic E-state index is 5.91. The van der Waals surface area contributed by atoms with Crippen LogP contribution in [-0.2, 0) is 8.85 Å². The monoisotopic (exact) mass is 204 g/mol. The molecule has 0 aliphatic carbocycles. The van der Waals surface area contributed by atoms with Crippen molar-refractivity contribution in [3.63, 3.8) is 0 Å². The van der Waals surface area contributed by atoms with Gasteiger partial charge in [-0.1, -0.05) is 13.8 Å². The lowest BCUT2D eigenvalue weighted by Crippen LogP contribution is -2.38. The zero-order valence-electron chi connectivity index (χ0n) is 9.89. The smallest absolute Gasteiger partial charge is 0.331 e. The van der Waals surface area contributed by atoms with Crippen molar-refractivity contribution in [3.05, 3.63) is 0 Å². The number of hydrogen-bond acceptors (Lipinski definition) is 2. The zero-order valence-corrected chi connectivity index (χ0v) is 10.9. The van der Waals surface area contributed by atoms with Gasteiger partial charge in [-0.2, -0.15) is 0 Å². The molecule has 0 radical (unpaired) electrons. The van der Waals surface area contributed by atoms with Gasteiger partial charge in [0, 0.05) is 12.7 Å². The summed E-state index contributed by atoms with van der Waals surface area (Å²) < 4.78 is 11.5. The van der Waals surface area contributed by atoms with Crippen molar-refractivity contribution < 1.29 is 8.85 Å². The van der Waals surface area contributed by atoms with Gasteiger partial charge in [-0.05, 0) is 39.3 Å². The van der Waals surface area contributed by atoms with Crippen LogP contribution >= 0.6 is 0 Å². The molecule has 0 rings (SSSR count). The molecule has 0 aromatic rings. The fourth-order valence-electron chi connectivity index (χ4n) is 1.58. The lowest BCUT2D eigenvalue weighted by molar-refractivity contribution is 0.121. The third-order valence-corrected chi connectivity index (χ3v) is 3.73. The summed E-state index contributed by atoms with van der Waals surface area (Å²) in [6.45, 7) is 13.6. The fourth-order valence-corrected chi connectivity index (χ4v) is 3.41. The Balaban J connectivity index is 3.81. The van der Waals surface area contributed by atoms with Gasteiger partial charge in [-0.15, -0.1) is 0 Å². The van der Waals surface area contributed by atoms with Crippen LogP contribution in [0.15, 0.2) is 0 Å². The second-order valence-electron chi connectivity index (χ2n) is 4.39. The largest absolute Gasteiger partial charge is 0.395 e. The van der Waals surface area contributed by atoms with Crippen molar-refractivity contribution in [1.82, 2.24) is 0 Å². The molecule has 0 amide bonds. The minimum absolute atomic E-state index is 0.327. The van der Waals surface area contributed by atoms with Gasteiger partial charge in [0.25, 0.3) is 0 Å². The molecule has 0 spiro atoms. The maximum Gasteiger partial charge on any atom is 0.331 e. The molecule has 0 aromatic heterocycles. The quantitative estimate of drug-likeness (QED) is 0.619. The zero-order chi connectivity index (χ0) is 10.5. The summed E-state index contributed by atoms with van der Waals surface area (Å²) in [5.74, 6) is 0.696. The van der Waals surface area contributed by atoms with Crippen LogP contribution in [0.3, 0.4) is 0 Å². The van der Waals surface area contributed by atoms with E-state index in [0.717, 1.165) is 13.0 Å². The van der Waals surface area contributed by atoms with Crippen LogP contribution in [0.2, 0.25) is 13.1 Å². The third-order valence-electron chi connectivity index (χ3n) is 1.78. The molecule has 1 unspecified atom stereocenters. The highest BCUT2D eigenvalue weighted by molar-refractivity contribution is 6.64. The highest BCUT2D eigenvalue weighted by Crippen LogP contribution is 2.14. The minimum Gasteiger partial charge on any atom is -0.395 e. The molecule has 0 heterocycles. The Morgan fingerprint density at radius 3 is 2.08 bits per heavy atom. The highest BCUT2D eigenvalue weighted by atomic mass is 28.4. The van der Waals surface area contributed by atoms with E-state index < -0.39 is 8.56 Å². The second-order valence-corrected chi connectivity index (χ2v) is 7.71.